The molecule has 94 valence electrons. The van der Waals surface area contributed by atoms with E-state index in [1.165, 1.54) is 6.07 Å². The molecule has 0 bridgehead atoms. The molecule has 2 rings (SSSR count). The third-order valence-electron chi connectivity index (χ3n) is 2.35. The lowest BCUT2D eigenvalue weighted by Gasteiger charge is -2.07. The van der Waals surface area contributed by atoms with Crippen LogP contribution in [0, 0.1) is 12.7 Å². The molecule has 1 heterocycles. The van der Waals surface area contributed by atoms with Gasteiger partial charge >= 0.3 is 5.69 Å². The summed E-state index contributed by atoms with van der Waals surface area (Å²) in [4.78, 5) is 25.3. The maximum absolute atomic E-state index is 13.4. The van der Waals surface area contributed by atoms with Gasteiger partial charge in [-0.05, 0) is 24.6 Å². The Morgan fingerprint density at radius 2 is 1.94 bits per heavy atom. The van der Waals surface area contributed by atoms with Crippen LogP contribution in [0.2, 0.25) is 10.2 Å². The first kappa shape index (κ1) is 12.9. The van der Waals surface area contributed by atoms with Gasteiger partial charge < -0.3 is 0 Å². The number of halogens is 3. The van der Waals surface area contributed by atoms with E-state index >= 15 is 0 Å². The van der Waals surface area contributed by atoms with Crippen LogP contribution < -0.4 is 11.2 Å². The minimum Gasteiger partial charge on any atom is -0.295 e. The van der Waals surface area contributed by atoms with Gasteiger partial charge in [0.15, 0.2) is 5.15 Å². The molecule has 0 saturated carbocycles. The molecule has 0 spiro atoms. The summed E-state index contributed by atoms with van der Waals surface area (Å²) in [5, 5.41) is -0.450. The summed E-state index contributed by atoms with van der Waals surface area (Å²) in [6.45, 7) is 1.80. The van der Waals surface area contributed by atoms with Gasteiger partial charge in [-0.3, -0.25) is 9.78 Å². The minimum absolute atomic E-state index is 0.101. The van der Waals surface area contributed by atoms with Gasteiger partial charge in [0.25, 0.3) is 5.56 Å². The summed E-state index contributed by atoms with van der Waals surface area (Å²) in [5.41, 5.74) is -1.04. The molecule has 0 aliphatic rings. The van der Waals surface area contributed by atoms with Crippen molar-refractivity contribution in [3.05, 3.63) is 60.6 Å². The molecule has 0 saturated heterocycles. The molecule has 1 N–H and O–H groups in total. The molecule has 0 radical (unpaired) electrons. The van der Waals surface area contributed by atoms with E-state index in [-0.39, 0.29) is 10.7 Å². The van der Waals surface area contributed by atoms with E-state index in [1.807, 2.05) is 4.98 Å². The molecule has 0 amide bonds. The van der Waals surface area contributed by atoms with Crippen molar-refractivity contribution in [2.24, 2.45) is 0 Å². The van der Waals surface area contributed by atoms with Crippen LogP contribution in [0.1, 0.15) is 5.56 Å². The van der Waals surface area contributed by atoms with E-state index in [1.54, 1.807) is 19.1 Å². The van der Waals surface area contributed by atoms with Crippen molar-refractivity contribution in [1.82, 2.24) is 9.55 Å². The summed E-state index contributed by atoms with van der Waals surface area (Å²) in [6.07, 6.45) is 0. The van der Waals surface area contributed by atoms with Crippen molar-refractivity contribution in [2.45, 2.75) is 6.92 Å². The second-order valence-corrected chi connectivity index (χ2v) is 4.44. The van der Waals surface area contributed by atoms with Crippen molar-refractivity contribution >= 4 is 23.2 Å². The van der Waals surface area contributed by atoms with Crippen molar-refractivity contribution in [3.63, 3.8) is 0 Å². The number of hydrogen-bond donors (Lipinski definition) is 1. The second-order valence-electron chi connectivity index (χ2n) is 3.65. The lowest BCUT2D eigenvalue weighted by molar-refractivity contribution is 0.584. The number of hydrogen-bond acceptors (Lipinski definition) is 2. The Balaban J connectivity index is 2.84. The number of aromatic nitrogens is 2. The third-order valence-corrected chi connectivity index (χ3v) is 2.91. The van der Waals surface area contributed by atoms with Gasteiger partial charge in [-0.1, -0.05) is 29.3 Å². The zero-order valence-electron chi connectivity index (χ0n) is 9.13. The van der Waals surface area contributed by atoms with Crippen molar-refractivity contribution in [3.8, 4) is 5.69 Å². The molecule has 0 aliphatic carbocycles. The zero-order chi connectivity index (χ0) is 13.4. The predicted molar refractivity (Wildman–Crippen MR) is 67.4 cm³/mol. The largest absolute Gasteiger partial charge is 0.334 e. The average molecular weight is 289 g/mol. The fourth-order valence-corrected chi connectivity index (χ4v) is 1.98. The van der Waals surface area contributed by atoms with Crippen LogP contribution in [0.25, 0.3) is 5.69 Å². The van der Waals surface area contributed by atoms with Gasteiger partial charge in [-0.25, -0.2) is 9.36 Å². The average Bonchev–Trinajstić information content (AvgIpc) is 2.29. The number of aryl methyl sites for hydroxylation is 1. The third kappa shape index (κ3) is 2.07. The normalized spacial score (nSPS) is 10.7. The molecule has 4 nitrogen and oxygen atoms in total. The highest BCUT2D eigenvalue weighted by Crippen LogP contribution is 2.19. The number of rotatable bonds is 1. The highest BCUT2D eigenvalue weighted by atomic mass is 35.5. The minimum atomic E-state index is -1.23. The lowest BCUT2D eigenvalue weighted by Crippen LogP contribution is -2.36. The number of nitrogens with one attached hydrogen (secondary N) is 1. The maximum atomic E-state index is 13.4. The van der Waals surface area contributed by atoms with Crippen molar-refractivity contribution in [2.75, 3.05) is 0 Å². The van der Waals surface area contributed by atoms with Gasteiger partial charge in [0, 0.05) is 0 Å². The summed E-state index contributed by atoms with van der Waals surface area (Å²) in [6, 6.07) is 4.68. The Kier molecular flexibility index (Phi) is 3.28. The molecule has 2 aromatic rings. The van der Waals surface area contributed by atoms with Crippen LogP contribution >= 0.6 is 23.2 Å². The number of benzene rings is 1. The molecule has 1 aromatic carbocycles. The first-order chi connectivity index (χ1) is 8.41. The summed E-state index contributed by atoms with van der Waals surface area (Å²) < 4.78 is 14.0. The monoisotopic (exact) mass is 288 g/mol. The van der Waals surface area contributed by atoms with Crippen LogP contribution in [0.4, 0.5) is 4.39 Å². The lowest BCUT2D eigenvalue weighted by atomic mass is 10.2. The van der Waals surface area contributed by atoms with Crippen LogP contribution in [0.5, 0.6) is 0 Å². The fraction of sp³-hybridized carbons (Fsp3) is 0.0909. The van der Waals surface area contributed by atoms with Gasteiger partial charge in [0.05, 0.1) is 10.7 Å². The summed E-state index contributed by atoms with van der Waals surface area (Å²) in [5.74, 6) is -1.23. The molecule has 18 heavy (non-hydrogen) atoms. The first-order valence-corrected chi connectivity index (χ1v) is 5.64. The molecule has 0 atom stereocenters. The summed E-state index contributed by atoms with van der Waals surface area (Å²) >= 11 is 11.3. The highest BCUT2D eigenvalue weighted by Gasteiger charge is 2.15. The first-order valence-electron chi connectivity index (χ1n) is 4.88. The Morgan fingerprint density at radius 1 is 1.28 bits per heavy atom. The van der Waals surface area contributed by atoms with E-state index in [2.05, 4.69) is 0 Å². The predicted octanol–water partition coefficient (Wildman–Crippen LogP) is 2.28. The zero-order valence-corrected chi connectivity index (χ0v) is 10.6. The van der Waals surface area contributed by atoms with E-state index in [0.29, 0.717) is 4.57 Å². The topological polar surface area (TPSA) is 54.9 Å². The van der Waals surface area contributed by atoms with Gasteiger partial charge in [0.2, 0.25) is 5.82 Å². The van der Waals surface area contributed by atoms with Crippen LogP contribution in [0.3, 0.4) is 0 Å². The highest BCUT2D eigenvalue weighted by molar-refractivity contribution is 6.32. The SMILES string of the molecule is Cc1ccc(-n2c(=O)[nH]c(Cl)c(F)c2=O)c(Cl)c1. The van der Waals surface area contributed by atoms with Crippen LogP contribution in [0.15, 0.2) is 27.8 Å². The summed E-state index contributed by atoms with van der Waals surface area (Å²) in [7, 11) is 0. The van der Waals surface area contributed by atoms with Crippen molar-refractivity contribution in [1.29, 1.82) is 0 Å². The number of nitrogens with zero attached hydrogens (tertiary/aromatic N) is 1. The molecular weight excluding hydrogens is 282 g/mol. The standard InChI is InChI=1S/C11H7Cl2FN2O2/c1-5-2-3-7(6(12)4-5)16-10(17)8(14)9(13)15-11(16)18/h2-4H,1H3,(H,15,18). The molecule has 1 aromatic heterocycles. The van der Waals surface area contributed by atoms with E-state index < -0.39 is 22.2 Å². The second kappa shape index (κ2) is 4.59. The van der Waals surface area contributed by atoms with Gasteiger partial charge in [-0.2, -0.15) is 4.39 Å². The smallest absolute Gasteiger partial charge is 0.295 e. The molecule has 0 aliphatic heterocycles. The maximum Gasteiger partial charge on any atom is 0.334 e. The van der Waals surface area contributed by atoms with Gasteiger partial charge in [0.1, 0.15) is 0 Å². The Morgan fingerprint density at radius 3 is 2.56 bits per heavy atom. The molecule has 7 heteroatoms. The molecular formula is C11H7Cl2FN2O2. The fourth-order valence-electron chi connectivity index (χ4n) is 1.50. The quantitative estimate of drug-likeness (QED) is 0.819. The Bertz CT molecular complexity index is 737. The van der Waals surface area contributed by atoms with Crippen LogP contribution in [-0.2, 0) is 0 Å². The van der Waals surface area contributed by atoms with Gasteiger partial charge in [-0.15, -0.1) is 0 Å². The number of aromatic amines is 1. The Hall–Kier alpha value is -1.59. The molecule has 0 fully saturated rings. The van der Waals surface area contributed by atoms with Crippen LogP contribution in [-0.4, -0.2) is 9.55 Å². The molecule has 0 unspecified atom stereocenters. The number of H-pyrrole nitrogens is 1. The van der Waals surface area contributed by atoms with E-state index in [9.17, 15) is 14.0 Å². The Labute approximate surface area is 111 Å². The van der Waals surface area contributed by atoms with Crippen molar-refractivity contribution < 1.29 is 4.39 Å². The van der Waals surface area contributed by atoms with E-state index in [4.69, 9.17) is 23.2 Å². The van der Waals surface area contributed by atoms with E-state index in [0.717, 1.165) is 5.56 Å².